The van der Waals surface area contributed by atoms with Gasteiger partial charge in [0, 0.05) is 5.92 Å². The number of hydrogen-bond acceptors (Lipinski definition) is 0. The lowest BCUT2D eigenvalue weighted by atomic mass is 9.82. The molecule has 0 aliphatic carbocycles. The average Bonchev–Trinajstić information content (AvgIpc) is 2.58. The van der Waals surface area contributed by atoms with E-state index in [-0.39, 0.29) is 0 Å². The van der Waals surface area contributed by atoms with Crippen LogP contribution in [0.3, 0.4) is 0 Å². The summed E-state index contributed by atoms with van der Waals surface area (Å²) in [4.78, 5) is 0. The molecular weight excluding hydrogens is 278 g/mol. The molecule has 2 aromatic rings. The van der Waals surface area contributed by atoms with Gasteiger partial charge in [0.05, 0.1) is 27.2 Å². The van der Waals surface area contributed by atoms with Gasteiger partial charge < -0.3 is 4.48 Å². The molecule has 0 atom stereocenters. The first kappa shape index (κ1) is 16.3. The standard InChI is InChI=1S/C22H30N/c1-23(2)17-15-19(16-18-23)13-14-22(20-9-5-3-6-10-20)21-11-7-4-8-12-21/h3-12,19,22H,13-18H2,1-2H3/q+1. The second kappa shape index (κ2) is 7.31. The minimum absolute atomic E-state index is 0.543. The highest BCUT2D eigenvalue weighted by Gasteiger charge is 2.26. The summed E-state index contributed by atoms with van der Waals surface area (Å²) in [7, 11) is 4.74. The van der Waals surface area contributed by atoms with Crippen molar-refractivity contribution < 1.29 is 4.48 Å². The second-order valence-electron chi connectivity index (χ2n) is 7.78. The summed E-state index contributed by atoms with van der Waals surface area (Å²) < 4.78 is 1.21. The smallest absolute Gasteiger partial charge is 0.0785 e. The number of rotatable bonds is 5. The third-order valence-electron chi connectivity index (χ3n) is 5.55. The van der Waals surface area contributed by atoms with Crippen LogP contribution in [0.4, 0.5) is 0 Å². The predicted octanol–water partition coefficient (Wildman–Crippen LogP) is 5.09. The first-order chi connectivity index (χ1) is 11.1. The van der Waals surface area contributed by atoms with Gasteiger partial charge in [0.25, 0.3) is 0 Å². The first-order valence-electron chi connectivity index (χ1n) is 9.06. The van der Waals surface area contributed by atoms with E-state index in [4.69, 9.17) is 0 Å². The first-order valence-corrected chi connectivity index (χ1v) is 9.06. The van der Waals surface area contributed by atoms with Crippen molar-refractivity contribution in [2.75, 3.05) is 27.2 Å². The van der Waals surface area contributed by atoms with E-state index in [0.29, 0.717) is 5.92 Å². The number of piperidine rings is 1. The van der Waals surface area contributed by atoms with Crippen LogP contribution in [0.15, 0.2) is 60.7 Å². The van der Waals surface area contributed by atoms with Crippen LogP contribution >= 0.6 is 0 Å². The largest absolute Gasteiger partial charge is 0.328 e. The molecule has 1 aliphatic rings. The van der Waals surface area contributed by atoms with Crippen molar-refractivity contribution in [3.63, 3.8) is 0 Å². The molecule has 1 heterocycles. The van der Waals surface area contributed by atoms with Gasteiger partial charge in [-0.25, -0.2) is 0 Å². The molecular formula is C22H30N+. The summed E-state index contributed by atoms with van der Waals surface area (Å²) in [6, 6.07) is 22.1. The molecule has 1 fully saturated rings. The van der Waals surface area contributed by atoms with E-state index in [1.807, 2.05) is 0 Å². The maximum Gasteiger partial charge on any atom is 0.0785 e. The Hall–Kier alpha value is -1.60. The van der Waals surface area contributed by atoms with Gasteiger partial charge in [-0.2, -0.15) is 0 Å². The topological polar surface area (TPSA) is 0 Å². The Bertz CT molecular complexity index is 538. The molecule has 1 aliphatic heterocycles. The van der Waals surface area contributed by atoms with Crippen LogP contribution in [0.25, 0.3) is 0 Å². The van der Waals surface area contributed by atoms with Crippen LogP contribution in [0, 0.1) is 5.92 Å². The molecule has 0 N–H and O–H groups in total. The summed E-state index contributed by atoms with van der Waals surface area (Å²) in [6.45, 7) is 2.68. The molecule has 1 saturated heterocycles. The van der Waals surface area contributed by atoms with Crippen molar-refractivity contribution in [1.29, 1.82) is 0 Å². The lowest BCUT2D eigenvalue weighted by Gasteiger charge is -2.37. The van der Waals surface area contributed by atoms with Crippen LogP contribution in [0.2, 0.25) is 0 Å². The van der Waals surface area contributed by atoms with Gasteiger partial charge in [-0.05, 0) is 42.7 Å². The Morgan fingerprint density at radius 3 is 1.78 bits per heavy atom. The monoisotopic (exact) mass is 308 g/mol. The van der Waals surface area contributed by atoms with Crippen LogP contribution in [0.5, 0.6) is 0 Å². The quantitative estimate of drug-likeness (QED) is 0.675. The molecule has 0 saturated carbocycles. The van der Waals surface area contributed by atoms with Crippen LogP contribution in [-0.2, 0) is 0 Å². The fourth-order valence-corrected chi connectivity index (χ4v) is 3.91. The Morgan fingerprint density at radius 2 is 1.30 bits per heavy atom. The number of quaternary nitrogens is 1. The minimum Gasteiger partial charge on any atom is -0.328 e. The summed E-state index contributed by atoms with van der Waals surface area (Å²) in [5.74, 6) is 1.46. The second-order valence-corrected chi connectivity index (χ2v) is 7.78. The van der Waals surface area contributed by atoms with E-state index in [1.54, 1.807) is 0 Å². The Morgan fingerprint density at radius 1 is 0.826 bits per heavy atom. The Balaban J connectivity index is 1.68. The van der Waals surface area contributed by atoms with Crippen LogP contribution in [0.1, 0.15) is 42.7 Å². The van der Waals surface area contributed by atoms with Gasteiger partial charge in [0.2, 0.25) is 0 Å². The van der Waals surface area contributed by atoms with Crippen LogP contribution in [-0.4, -0.2) is 31.7 Å². The number of likely N-dealkylation sites (tertiary alicyclic amines) is 1. The molecule has 1 nitrogen and oxygen atoms in total. The third-order valence-corrected chi connectivity index (χ3v) is 5.55. The van der Waals surface area contributed by atoms with Crippen molar-refractivity contribution in [3.05, 3.63) is 71.8 Å². The minimum atomic E-state index is 0.543. The summed E-state index contributed by atoms with van der Waals surface area (Å²) >= 11 is 0. The van der Waals surface area contributed by atoms with Gasteiger partial charge in [-0.1, -0.05) is 60.7 Å². The molecule has 0 amide bonds. The SMILES string of the molecule is C[N+]1(C)CCC(CCC(c2ccccc2)c2ccccc2)CC1. The Kier molecular flexibility index (Phi) is 5.17. The van der Waals surface area contributed by atoms with Crippen LogP contribution < -0.4 is 0 Å². The summed E-state index contributed by atoms with van der Waals surface area (Å²) in [5.41, 5.74) is 2.93. The molecule has 122 valence electrons. The average molecular weight is 308 g/mol. The van der Waals surface area contributed by atoms with Gasteiger partial charge in [-0.3, -0.25) is 0 Å². The zero-order valence-electron chi connectivity index (χ0n) is 14.6. The number of benzene rings is 2. The van der Waals surface area contributed by atoms with E-state index < -0.39 is 0 Å². The molecule has 1 heteroatoms. The molecule has 23 heavy (non-hydrogen) atoms. The fourth-order valence-electron chi connectivity index (χ4n) is 3.91. The van der Waals surface area contributed by atoms with Gasteiger partial charge in [0.1, 0.15) is 0 Å². The van der Waals surface area contributed by atoms with E-state index >= 15 is 0 Å². The molecule has 0 radical (unpaired) electrons. The molecule has 0 unspecified atom stereocenters. The normalized spacial score (nSPS) is 18.2. The van der Waals surface area contributed by atoms with Gasteiger partial charge in [-0.15, -0.1) is 0 Å². The number of nitrogens with zero attached hydrogens (tertiary/aromatic N) is 1. The van der Waals surface area contributed by atoms with E-state index in [9.17, 15) is 0 Å². The molecule has 0 spiro atoms. The third kappa shape index (κ3) is 4.45. The molecule has 0 aromatic heterocycles. The molecule has 3 rings (SSSR count). The van der Waals surface area contributed by atoms with Crippen molar-refractivity contribution in [1.82, 2.24) is 0 Å². The van der Waals surface area contributed by atoms with Crippen molar-refractivity contribution in [3.8, 4) is 0 Å². The fraction of sp³-hybridized carbons (Fsp3) is 0.455. The van der Waals surface area contributed by atoms with Crippen molar-refractivity contribution in [2.45, 2.75) is 31.6 Å². The lowest BCUT2D eigenvalue weighted by molar-refractivity contribution is -0.896. The highest BCUT2D eigenvalue weighted by Crippen LogP contribution is 2.33. The lowest BCUT2D eigenvalue weighted by Crippen LogP contribution is -2.46. The zero-order chi connectivity index (χ0) is 16.1. The highest BCUT2D eigenvalue weighted by atomic mass is 15.3. The maximum atomic E-state index is 2.37. The van der Waals surface area contributed by atoms with Crippen molar-refractivity contribution >= 4 is 0 Å². The summed E-state index contributed by atoms with van der Waals surface area (Å²) in [5, 5.41) is 0. The predicted molar refractivity (Wildman–Crippen MR) is 98.5 cm³/mol. The molecule has 2 aromatic carbocycles. The van der Waals surface area contributed by atoms with E-state index in [1.165, 1.54) is 54.4 Å². The van der Waals surface area contributed by atoms with E-state index in [2.05, 4.69) is 74.8 Å². The van der Waals surface area contributed by atoms with Gasteiger partial charge >= 0.3 is 0 Å². The molecule has 0 bridgehead atoms. The number of hydrogen-bond donors (Lipinski definition) is 0. The van der Waals surface area contributed by atoms with Gasteiger partial charge in [0.15, 0.2) is 0 Å². The van der Waals surface area contributed by atoms with E-state index in [0.717, 1.165) is 5.92 Å². The van der Waals surface area contributed by atoms with Crippen molar-refractivity contribution in [2.24, 2.45) is 5.92 Å². The Labute approximate surface area is 141 Å². The summed E-state index contributed by atoms with van der Waals surface area (Å²) in [6.07, 6.45) is 5.41. The maximum absolute atomic E-state index is 2.37. The zero-order valence-corrected chi connectivity index (χ0v) is 14.6. The highest BCUT2D eigenvalue weighted by molar-refractivity contribution is 5.32.